The van der Waals surface area contributed by atoms with Gasteiger partial charge in [0.15, 0.2) is 11.6 Å². The molecule has 7 rings (SSSR count). The highest BCUT2D eigenvalue weighted by Crippen LogP contribution is 2.47. The molecular weight excluding hydrogens is 663 g/mol. The number of anilines is 1. The number of hydrogen-bond acceptors (Lipinski definition) is 10. The Hall–Kier alpha value is -4.97. The summed E-state index contributed by atoms with van der Waals surface area (Å²) >= 11 is 0. The maximum atomic E-state index is 17.0. The largest absolute Gasteiger partial charge is 0.508 e. The molecule has 1 amide bonds. The van der Waals surface area contributed by atoms with Crippen LogP contribution in [0.4, 0.5) is 19.0 Å². The number of nitrogens with zero attached hydrogens (tertiary/aromatic N) is 6. The molecular formula is C37H38F3N7O4. The highest BCUT2D eigenvalue weighted by molar-refractivity contribution is 6.03. The summed E-state index contributed by atoms with van der Waals surface area (Å²) < 4.78 is 57.4. The van der Waals surface area contributed by atoms with E-state index in [1.54, 1.807) is 0 Å². The van der Waals surface area contributed by atoms with E-state index in [0.717, 1.165) is 32.5 Å². The van der Waals surface area contributed by atoms with Crippen LogP contribution in [0.1, 0.15) is 18.4 Å². The third kappa shape index (κ3) is 7.14. The molecule has 2 N–H and O–H groups in total. The summed E-state index contributed by atoms with van der Waals surface area (Å²) in [6.07, 6.45) is 9.04. The lowest BCUT2D eigenvalue weighted by atomic mass is 9.96. The zero-order chi connectivity index (χ0) is 35.9. The molecule has 1 aliphatic carbocycles. The van der Waals surface area contributed by atoms with E-state index in [1.807, 2.05) is 16.8 Å². The molecule has 4 aromatic rings. The Kier molecular flexibility index (Phi) is 9.45. The van der Waals surface area contributed by atoms with Gasteiger partial charge in [-0.05, 0) is 43.5 Å². The fourth-order valence-electron chi connectivity index (χ4n) is 6.97. The van der Waals surface area contributed by atoms with Crippen molar-refractivity contribution in [2.24, 2.45) is 5.41 Å². The molecule has 1 saturated carbocycles. The number of morpholine rings is 1. The smallest absolute Gasteiger partial charge is 0.319 e. The molecule has 2 aromatic carbocycles. The molecule has 2 saturated heterocycles. The zero-order valence-electron chi connectivity index (χ0n) is 28.2. The zero-order valence-corrected chi connectivity index (χ0v) is 28.2. The van der Waals surface area contributed by atoms with Gasteiger partial charge in [-0.3, -0.25) is 14.7 Å². The number of carbonyl (C=O) groups excluding carboxylic acids is 1. The van der Waals surface area contributed by atoms with Crippen molar-refractivity contribution in [2.75, 3.05) is 77.6 Å². The molecule has 51 heavy (non-hydrogen) atoms. The van der Waals surface area contributed by atoms with Crippen LogP contribution in [-0.4, -0.2) is 114 Å². The first kappa shape index (κ1) is 34.5. The molecule has 0 spiro atoms. The number of hydrogen-bond donors (Lipinski definition) is 2. The third-order valence-corrected chi connectivity index (χ3v) is 9.83. The number of pyridine rings is 1. The van der Waals surface area contributed by atoms with Gasteiger partial charge in [0.1, 0.15) is 28.6 Å². The van der Waals surface area contributed by atoms with Crippen LogP contribution in [-0.2, 0) is 9.53 Å². The molecule has 4 heterocycles. The lowest BCUT2D eigenvalue weighted by Crippen LogP contribution is -2.46. The van der Waals surface area contributed by atoms with Crippen LogP contribution in [0.25, 0.3) is 32.9 Å². The fourth-order valence-corrected chi connectivity index (χ4v) is 6.97. The van der Waals surface area contributed by atoms with Crippen molar-refractivity contribution in [1.29, 1.82) is 0 Å². The fraction of sp³-hybridized carbons (Fsp3) is 0.405. The number of aromatic nitrogens is 3. The highest BCUT2D eigenvalue weighted by atomic mass is 19.1. The summed E-state index contributed by atoms with van der Waals surface area (Å²) in [5.41, 5.74) is -0.405. The molecule has 11 nitrogen and oxygen atoms in total. The van der Waals surface area contributed by atoms with Crippen molar-refractivity contribution in [3.63, 3.8) is 0 Å². The Morgan fingerprint density at radius 1 is 1.18 bits per heavy atom. The van der Waals surface area contributed by atoms with Crippen molar-refractivity contribution < 1.29 is 32.5 Å². The number of phenols is 1. The number of phenolic OH excluding ortho intramolecular Hbond substituents is 1. The number of carbonyl (C=O) groups is 1. The number of ether oxygens (including phenoxy) is 2. The molecule has 2 aliphatic heterocycles. The van der Waals surface area contributed by atoms with Gasteiger partial charge in [-0.1, -0.05) is 18.6 Å². The molecule has 1 unspecified atom stereocenters. The van der Waals surface area contributed by atoms with Crippen LogP contribution in [0.3, 0.4) is 0 Å². The summed E-state index contributed by atoms with van der Waals surface area (Å²) in [7, 11) is 1.88. The van der Waals surface area contributed by atoms with Gasteiger partial charge in [0.2, 0.25) is 0 Å². The second-order valence-corrected chi connectivity index (χ2v) is 13.6. The van der Waals surface area contributed by atoms with Gasteiger partial charge in [-0.2, -0.15) is 9.97 Å². The van der Waals surface area contributed by atoms with E-state index in [-0.39, 0.29) is 56.8 Å². The van der Waals surface area contributed by atoms with Gasteiger partial charge in [-0.25, -0.2) is 13.2 Å². The number of terminal acetylenes is 1. The molecule has 1 atom stereocenters. The van der Waals surface area contributed by atoms with E-state index in [2.05, 4.69) is 32.7 Å². The molecule has 2 aromatic heterocycles. The summed E-state index contributed by atoms with van der Waals surface area (Å²) in [6, 6.07) is 4.78. The van der Waals surface area contributed by atoms with Crippen LogP contribution >= 0.6 is 0 Å². The van der Waals surface area contributed by atoms with Gasteiger partial charge < -0.3 is 29.7 Å². The average Bonchev–Trinajstić information content (AvgIpc) is 3.91. The molecule has 0 radical (unpaired) electrons. The van der Waals surface area contributed by atoms with Crippen molar-refractivity contribution in [1.82, 2.24) is 30.1 Å². The number of benzene rings is 2. The Labute approximate surface area is 293 Å². The van der Waals surface area contributed by atoms with Crippen LogP contribution in [0.5, 0.6) is 11.8 Å². The number of fused-ring (bicyclic) bond motifs is 2. The van der Waals surface area contributed by atoms with Crippen molar-refractivity contribution in [3.05, 3.63) is 60.1 Å². The Morgan fingerprint density at radius 3 is 2.69 bits per heavy atom. The highest BCUT2D eigenvalue weighted by Gasteiger charge is 2.45. The molecule has 3 aliphatic rings. The van der Waals surface area contributed by atoms with E-state index in [0.29, 0.717) is 50.7 Å². The quantitative estimate of drug-likeness (QED) is 0.196. The number of rotatable bonds is 9. The average molecular weight is 702 g/mol. The van der Waals surface area contributed by atoms with Crippen molar-refractivity contribution in [2.45, 2.75) is 18.9 Å². The standard InChI is InChI=1S/C37H38F3N7O4/c1-4-26-29(39)6-5-23-15-25(48)16-27(30(23)26)32-31(40)33-28(17-41-32)34(47-10-9-45(3)18-24(19-47)42-35(49)22(2)38)44-36(43-33)51-21-37(7-8-37)20-46-11-13-50-14-12-46/h1,5-6,15-17,24,48H,2,7-14,18-21H2,3H3,(H,42,49). The molecule has 3 fully saturated rings. The summed E-state index contributed by atoms with van der Waals surface area (Å²) in [4.78, 5) is 32.3. The number of likely N-dealkylation sites (N-methyl/N-ethyl adjacent to an activating group) is 1. The van der Waals surface area contributed by atoms with Crippen molar-refractivity contribution >= 4 is 33.4 Å². The Morgan fingerprint density at radius 2 is 1.96 bits per heavy atom. The summed E-state index contributed by atoms with van der Waals surface area (Å²) in [6.45, 7) is 8.90. The van der Waals surface area contributed by atoms with E-state index in [9.17, 15) is 18.7 Å². The van der Waals surface area contributed by atoms with Gasteiger partial charge in [0.05, 0.1) is 36.8 Å². The topological polar surface area (TPSA) is 116 Å². The van der Waals surface area contributed by atoms with Crippen molar-refractivity contribution in [3.8, 4) is 35.4 Å². The van der Waals surface area contributed by atoms with E-state index in [1.165, 1.54) is 30.5 Å². The Bertz CT molecular complexity index is 2060. The Balaban J connectivity index is 1.32. The number of nitrogens with one attached hydrogen (secondary N) is 1. The minimum Gasteiger partial charge on any atom is -0.508 e. The molecule has 0 bridgehead atoms. The van der Waals surface area contributed by atoms with Crippen LogP contribution < -0.4 is 15.0 Å². The predicted octanol–water partition coefficient (Wildman–Crippen LogP) is 4.02. The second kappa shape index (κ2) is 14.0. The van der Waals surface area contributed by atoms with Crippen LogP contribution in [0.2, 0.25) is 0 Å². The SMILES string of the molecule is C#Cc1c(F)ccc2cc(O)cc(-c3ncc4c(N5CCN(C)CC(NC(=O)C(=C)F)C5)nc(OCC5(CN6CCOCC6)CC5)nc4c3F)c12. The second-order valence-electron chi connectivity index (χ2n) is 13.6. The lowest BCUT2D eigenvalue weighted by molar-refractivity contribution is -0.119. The third-order valence-electron chi connectivity index (χ3n) is 9.83. The maximum absolute atomic E-state index is 17.0. The molecule has 14 heteroatoms. The maximum Gasteiger partial charge on any atom is 0.319 e. The summed E-state index contributed by atoms with van der Waals surface area (Å²) in [5.74, 6) is -1.06. The minimum atomic E-state index is -1.10. The number of aromatic hydroxyl groups is 1. The first-order valence-corrected chi connectivity index (χ1v) is 16.8. The van der Waals surface area contributed by atoms with E-state index >= 15 is 4.39 Å². The lowest BCUT2D eigenvalue weighted by Gasteiger charge is -2.30. The summed E-state index contributed by atoms with van der Waals surface area (Å²) in [5, 5.41) is 14.1. The molecule has 266 valence electrons. The minimum absolute atomic E-state index is 0.0479. The normalized spacial score (nSPS) is 19.4. The van der Waals surface area contributed by atoms with Crippen LogP contribution in [0.15, 0.2) is 42.9 Å². The van der Waals surface area contributed by atoms with Gasteiger partial charge >= 0.3 is 6.01 Å². The van der Waals surface area contributed by atoms with E-state index < -0.39 is 29.4 Å². The predicted molar refractivity (Wildman–Crippen MR) is 186 cm³/mol. The van der Waals surface area contributed by atoms with E-state index in [4.69, 9.17) is 20.9 Å². The van der Waals surface area contributed by atoms with Gasteiger partial charge in [0.25, 0.3) is 5.91 Å². The number of halogens is 3. The first-order chi connectivity index (χ1) is 24.5. The number of amides is 1. The van der Waals surface area contributed by atoms with Crippen LogP contribution in [0, 0.1) is 29.4 Å². The first-order valence-electron chi connectivity index (χ1n) is 16.8. The van der Waals surface area contributed by atoms with Gasteiger partial charge in [0, 0.05) is 68.4 Å². The van der Waals surface area contributed by atoms with Gasteiger partial charge in [-0.15, -0.1) is 6.42 Å². The monoisotopic (exact) mass is 701 g/mol.